The molecule has 0 spiro atoms. The zero-order chi connectivity index (χ0) is 31.8. The van der Waals surface area contributed by atoms with Crippen molar-refractivity contribution in [1.29, 1.82) is 0 Å². The number of amides is 1. The number of aryl methyl sites for hydroxylation is 1. The zero-order valence-corrected chi connectivity index (χ0v) is 25.3. The number of aromatic nitrogens is 2. The Hall–Kier alpha value is -4.41. The molecule has 2 aromatic carbocycles. The number of pyridine rings is 1. The Labute approximate surface area is 261 Å². The van der Waals surface area contributed by atoms with Gasteiger partial charge in [0.2, 0.25) is 0 Å². The van der Waals surface area contributed by atoms with Crippen LogP contribution in [0.2, 0.25) is 0 Å². The van der Waals surface area contributed by atoms with E-state index in [1.165, 1.54) is 18.2 Å². The van der Waals surface area contributed by atoms with Crippen molar-refractivity contribution in [2.24, 2.45) is 5.92 Å². The van der Waals surface area contributed by atoms with E-state index in [-0.39, 0.29) is 42.5 Å². The van der Waals surface area contributed by atoms with Gasteiger partial charge in [-0.25, -0.2) is 8.78 Å². The van der Waals surface area contributed by atoms with Gasteiger partial charge < -0.3 is 25.0 Å². The number of aromatic amines is 1. The molecule has 3 N–H and O–H groups in total. The Bertz CT molecular complexity index is 1640. The monoisotopic (exact) mass is 616 g/mol. The quantitative estimate of drug-likeness (QED) is 0.168. The number of hydrogen-bond acceptors (Lipinski definition) is 6. The van der Waals surface area contributed by atoms with Gasteiger partial charge in [-0.15, -0.1) is 0 Å². The van der Waals surface area contributed by atoms with Crippen LogP contribution in [0, 0.1) is 24.5 Å². The van der Waals surface area contributed by atoms with Gasteiger partial charge in [0.25, 0.3) is 5.91 Å². The van der Waals surface area contributed by atoms with Gasteiger partial charge in [-0.1, -0.05) is 23.8 Å². The average molecular weight is 617 g/mol. The summed E-state index contributed by atoms with van der Waals surface area (Å²) in [6, 6.07) is 13.9. The molecule has 45 heavy (non-hydrogen) atoms. The summed E-state index contributed by atoms with van der Waals surface area (Å²) in [6.45, 7) is 5.41. The fraction of sp³-hybridized carbons (Fsp3) is 0.343. The highest BCUT2D eigenvalue weighted by Gasteiger charge is 2.19. The first kappa shape index (κ1) is 32.0. The molecule has 2 aromatic heterocycles. The van der Waals surface area contributed by atoms with Crippen molar-refractivity contribution >= 4 is 11.7 Å². The minimum atomic E-state index is -0.592. The lowest BCUT2D eigenvalue weighted by Gasteiger charge is -2.31. The standard InChI is InChI=1S/C35H38F2N4O4/c1-23-5-8-31(36)26(14-23)16-28(43)15-25-6-7-29(18-32(25)37)45-30-9-11-38-34(19-30)33-17-27(20-40-33)35(44)39-10-3-13-41-12-2-4-24(21-41)22-42/h5-9,11,14,17-20,24,40,42H,2-4,10,12-13,15-16,21-22H2,1H3,(H,39,44). The van der Waals surface area contributed by atoms with E-state index in [1.54, 1.807) is 48.8 Å². The first-order chi connectivity index (χ1) is 21.8. The summed E-state index contributed by atoms with van der Waals surface area (Å²) in [5.74, 6) is -0.518. The molecule has 1 aliphatic rings. The van der Waals surface area contributed by atoms with E-state index >= 15 is 0 Å². The number of hydrogen-bond donors (Lipinski definition) is 3. The predicted octanol–water partition coefficient (Wildman–Crippen LogP) is 5.63. The molecule has 10 heteroatoms. The van der Waals surface area contributed by atoms with Crippen molar-refractivity contribution in [2.45, 2.75) is 39.0 Å². The zero-order valence-electron chi connectivity index (χ0n) is 25.3. The Morgan fingerprint density at radius 2 is 1.87 bits per heavy atom. The molecule has 236 valence electrons. The molecule has 1 saturated heterocycles. The van der Waals surface area contributed by atoms with Crippen molar-refractivity contribution in [3.8, 4) is 22.9 Å². The number of rotatable bonds is 13. The molecule has 8 nitrogen and oxygen atoms in total. The lowest BCUT2D eigenvalue weighted by Crippen LogP contribution is -2.38. The van der Waals surface area contributed by atoms with Crippen LogP contribution in [0.5, 0.6) is 11.5 Å². The highest BCUT2D eigenvalue weighted by Crippen LogP contribution is 2.27. The van der Waals surface area contributed by atoms with Gasteiger partial charge in [-0.05, 0) is 80.6 Å². The molecule has 0 bridgehead atoms. The number of piperidine rings is 1. The predicted molar refractivity (Wildman–Crippen MR) is 167 cm³/mol. The lowest BCUT2D eigenvalue weighted by atomic mass is 9.99. The van der Waals surface area contributed by atoms with Gasteiger partial charge in [-0.2, -0.15) is 0 Å². The third-order valence-corrected chi connectivity index (χ3v) is 7.99. The molecule has 1 atom stereocenters. The fourth-order valence-electron chi connectivity index (χ4n) is 5.60. The van der Waals surface area contributed by atoms with Crippen molar-refractivity contribution in [3.05, 3.63) is 101 Å². The molecule has 1 amide bonds. The maximum absolute atomic E-state index is 14.9. The molecule has 1 unspecified atom stereocenters. The van der Waals surface area contributed by atoms with Crippen LogP contribution in [-0.2, 0) is 17.6 Å². The molecule has 1 aliphatic heterocycles. The first-order valence-electron chi connectivity index (χ1n) is 15.3. The van der Waals surface area contributed by atoms with Crippen molar-refractivity contribution in [1.82, 2.24) is 20.2 Å². The number of likely N-dealkylation sites (tertiary alicyclic amines) is 1. The van der Waals surface area contributed by atoms with E-state index in [2.05, 4.69) is 20.2 Å². The smallest absolute Gasteiger partial charge is 0.252 e. The average Bonchev–Trinajstić information content (AvgIpc) is 3.53. The number of Topliss-reactive ketones (excluding diaryl/α,β-unsaturated/α-hetero) is 1. The second-order valence-corrected chi connectivity index (χ2v) is 11.6. The Morgan fingerprint density at radius 1 is 1.04 bits per heavy atom. The van der Waals surface area contributed by atoms with E-state index in [0.29, 0.717) is 40.7 Å². The number of carbonyl (C=O) groups excluding carboxylic acids is 2. The highest BCUT2D eigenvalue weighted by atomic mass is 19.1. The van der Waals surface area contributed by atoms with Gasteiger partial charge in [0.15, 0.2) is 0 Å². The summed E-state index contributed by atoms with van der Waals surface area (Å²) in [4.78, 5) is 35.0. The molecule has 5 rings (SSSR count). The fourth-order valence-corrected chi connectivity index (χ4v) is 5.60. The van der Waals surface area contributed by atoms with E-state index in [1.807, 2.05) is 6.92 Å². The number of H-pyrrole nitrogens is 1. The molecule has 0 saturated carbocycles. The van der Waals surface area contributed by atoms with Gasteiger partial charge in [0, 0.05) is 57.1 Å². The number of carbonyl (C=O) groups is 2. The number of benzene rings is 2. The number of nitrogens with zero attached hydrogens (tertiary/aromatic N) is 2. The number of halogens is 2. The first-order valence-corrected chi connectivity index (χ1v) is 15.3. The van der Waals surface area contributed by atoms with Crippen LogP contribution in [0.4, 0.5) is 8.78 Å². The van der Waals surface area contributed by atoms with E-state index in [9.17, 15) is 23.5 Å². The summed E-state index contributed by atoms with van der Waals surface area (Å²) >= 11 is 0. The van der Waals surface area contributed by atoms with Crippen LogP contribution in [0.15, 0.2) is 67.0 Å². The minimum absolute atomic E-state index is 0.113. The van der Waals surface area contributed by atoms with Crippen LogP contribution in [0.1, 0.15) is 46.3 Å². The summed E-state index contributed by atoms with van der Waals surface area (Å²) in [6.07, 6.45) is 5.89. The number of ether oxygens (including phenoxy) is 1. The molecule has 3 heterocycles. The van der Waals surface area contributed by atoms with Crippen LogP contribution in [0.25, 0.3) is 11.4 Å². The molecular weight excluding hydrogens is 578 g/mol. The van der Waals surface area contributed by atoms with Gasteiger partial charge in [0.05, 0.1) is 17.0 Å². The largest absolute Gasteiger partial charge is 0.457 e. The van der Waals surface area contributed by atoms with Gasteiger partial charge in [-0.3, -0.25) is 14.6 Å². The molecule has 0 aliphatic carbocycles. The topological polar surface area (TPSA) is 108 Å². The van der Waals surface area contributed by atoms with E-state index in [0.717, 1.165) is 44.5 Å². The number of nitrogens with one attached hydrogen (secondary N) is 2. The maximum Gasteiger partial charge on any atom is 0.252 e. The second kappa shape index (κ2) is 15.0. The summed E-state index contributed by atoms with van der Waals surface area (Å²) in [5, 5.41) is 12.4. The molecular formula is C35H38F2N4O4. The summed E-state index contributed by atoms with van der Waals surface area (Å²) < 4.78 is 34.8. The van der Waals surface area contributed by atoms with Gasteiger partial charge >= 0.3 is 0 Å². The number of aliphatic hydroxyl groups is 1. The third kappa shape index (κ3) is 8.83. The Kier molecular flexibility index (Phi) is 10.7. The van der Waals surface area contributed by atoms with Crippen molar-refractivity contribution in [3.63, 3.8) is 0 Å². The number of aliphatic hydroxyl groups excluding tert-OH is 1. The van der Waals surface area contributed by atoms with Crippen molar-refractivity contribution in [2.75, 3.05) is 32.8 Å². The Morgan fingerprint density at radius 3 is 2.69 bits per heavy atom. The second-order valence-electron chi connectivity index (χ2n) is 11.6. The van der Waals surface area contributed by atoms with Crippen LogP contribution >= 0.6 is 0 Å². The van der Waals surface area contributed by atoms with Crippen molar-refractivity contribution < 1.29 is 28.2 Å². The molecule has 4 aromatic rings. The molecule has 0 radical (unpaired) electrons. The van der Waals surface area contributed by atoms with E-state index < -0.39 is 11.6 Å². The Balaban J connectivity index is 1.13. The van der Waals surface area contributed by atoms with Crippen LogP contribution in [-0.4, -0.2) is 64.5 Å². The van der Waals surface area contributed by atoms with Gasteiger partial charge in [0.1, 0.15) is 28.9 Å². The minimum Gasteiger partial charge on any atom is -0.457 e. The van der Waals surface area contributed by atoms with Crippen LogP contribution in [0.3, 0.4) is 0 Å². The number of ketones is 1. The lowest BCUT2D eigenvalue weighted by molar-refractivity contribution is -0.117. The normalized spacial score (nSPS) is 15.2. The van der Waals surface area contributed by atoms with Crippen LogP contribution < -0.4 is 10.1 Å². The summed E-state index contributed by atoms with van der Waals surface area (Å²) in [7, 11) is 0. The summed E-state index contributed by atoms with van der Waals surface area (Å²) in [5.41, 5.74) is 3.00. The SMILES string of the molecule is Cc1ccc(F)c(CC(=O)Cc2ccc(Oc3ccnc(-c4cc(C(=O)NCCCN5CCCC(CO)C5)c[nH]4)c3)cc2F)c1. The molecule has 1 fully saturated rings. The highest BCUT2D eigenvalue weighted by molar-refractivity contribution is 5.95. The van der Waals surface area contributed by atoms with E-state index in [4.69, 9.17) is 4.74 Å². The maximum atomic E-state index is 14.9. The third-order valence-electron chi connectivity index (χ3n) is 7.99.